The quantitative estimate of drug-likeness (QED) is 0.907. The number of aliphatic carboxylic acids is 1. The number of hydrogen-bond donors (Lipinski definition) is 1. The van der Waals surface area contributed by atoms with E-state index in [9.17, 15) is 14.7 Å². The molecule has 5 nitrogen and oxygen atoms in total. The van der Waals surface area contributed by atoms with E-state index in [0.29, 0.717) is 16.7 Å². The number of nitrogens with zero attached hydrogens (tertiary/aromatic N) is 1. The average molecular weight is 302 g/mol. The molecule has 0 spiro atoms. The smallest absolute Gasteiger partial charge is 0.309 e. The molecule has 1 saturated heterocycles. The fraction of sp³-hybridized carbons (Fsp3) is 0.455. The number of halogens is 1. The van der Waals surface area contributed by atoms with E-state index in [1.54, 1.807) is 13.1 Å². The summed E-state index contributed by atoms with van der Waals surface area (Å²) in [5.41, 5.74) is 0. The Morgan fingerprint density at radius 1 is 1.65 bits per heavy atom. The minimum absolute atomic E-state index is 0.0594. The summed E-state index contributed by atoms with van der Waals surface area (Å²) >= 11 is 3.30. The van der Waals surface area contributed by atoms with E-state index in [1.807, 2.05) is 0 Å². The number of carboxylic acid groups (broad SMARTS) is 1. The number of carbonyl (C=O) groups is 2. The molecule has 2 heterocycles. The zero-order valence-corrected chi connectivity index (χ0v) is 10.8. The highest BCUT2D eigenvalue weighted by Crippen LogP contribution is 2.39. The lowest BCUT2D eigenvalue weighted by atomic mass is 9.87. The fourth-order valence-corrected chi connectivity index (χ4v) is 2.61. The highest BCUT2D eigenvalue weighted by atomic mass is 79.9. The minimum Gasteiger partial charge on any atom is -0.481 e. The molecular formula is C11H12BrNO4. The number of carboxylic acids is 1. The van der Waals surface area contributed by atoms with E-state index in [2.05, 4.69) is 15.9 Å². The van der Waals surface area contributed by atoms with Gasteiger partial charge in [0.1, 0.15) is 11.8 Å². The van der Waals surface area contributed by atoms with E-state index < -0.39 is 17.9 Å². The first-order chi connectivity index (χ1) is 8.02. The maximum absolute atomic E-state index is 11.7. The van der Waals surface area contributed by atoms with Crippen molar-refractivity contribution < 1.29 is 19.1 Å². The molecule has 1 aliphatic rings. The number of furan rings is 1. The highest BCUT2D eigenvalue weighted by molar-refractivity contribution is 9.10. The van der Waals surface area contributed by atoms with Crippen molar-refractivity contribution in [1.29, 1.82) is 0 Å². The van der Waals surface area contributed by atoms with Crippen LogP contribution in [0, 0.1) is 5.92 Å². The normalized spacial score (nSPS) is 25.1. The zero-order chi connectivity index (χ0) is 12.6. The van der Waals surface area contributed by atoms with Crippen molar-refractivity contribution in [3.05, 3.63) is 22.6 Å². The fourth-order valence-electron chi connectivity index (χ4n) is 2.17. The van der Waals surface area contributed by atoms with E-state index in [-0.39, 0.29) is 12.3 Å². The predicted molar refractivity (Wildman–Crippen MR) is 62.3 cm³/mol. The van der Waals surface area contributed by atoms with Crippen molar-refractivity contribution in [1.82, 2.24) is 4.90 Å². The molecule has 0 aliphatic carbocycles. The summed E-state index contributed by atoms with van der Waals surface area (Å²) in [7, 11) is 1.61. The van der Waals surface area contributed by atoms with Crippen molar-refractivity contribution in [3.8, 4) is 0 Å². The largest absolute Gasteiger partial charge is 0.481 e. The predicted octanol–water partition coefficient (Wildman–Crippen LogP) is 2.04. The molecule has 1 aromatic heterocycles. The molecule has 2 atom stereocenters. The van der Waals surface area contributed by atoms with Crippen LogP contribution in [-0.2, 0) is 9.59 Å². The Labute approximate surface area is 107 Å². The zero-order valence-electron chi connectivity index (χ0n) is 9.22. The second-order valence-electron chi connectivity index (χ2n) is 4.07. The third-order valence-electron chi connectivity index (χ3n) is 3.09. The second-order valence-corrected chi connectivity index (χ2v) is 4.92. The molecule has 17 heavy (non-hydrogen) atoms. The molecule has 0 bridgehead atoms. The van der Waals surface area contributed by atoms with Crippen LogP contribution in [0.1, 0.15) is 24.6 Å². The summed E-state index contributed by atoms with van der Waals surface area (Å²) in [4.78, 5) is 24.3. The average Bonchev–Trinajstić information content (AvgIpc) is 2.68. The minimum atomic E-state index is -0.905. The molecule has 0 radical (unpaired) electrons. The Kier molecular flexibility index (Phi) is 3.24. The van der Waals surface area contributed by atoms with E-state index in [1.165, 1.54) is 11.2 Å². The van der Waals surface area contributed by atoms with Crippen molar-refractivity contribution in [2.24, 2.45) is 5.92 Å². The first-order valence-electron chi connectivity index (χ1n) is 5.23. The highest BCUT2D eigenvalue weighted by Gasteiger charge is 2.41. The molecule has 2 rings (SSSR count). The SMILES string of the molecule is CN1C(=O)CCC(C(=O)O)C1c1occc1Br. The van der Waals surface area contributed by atoms with Gasteiger partial charge in [-0.2, -0.15) is 0 Å². The van der Waals surface area contributed by atoms with Crippen molar-refractivity contribution in [3.63, 3.8) is 0 Å². The maximum atomic E-state index is 11.7. The molecule has 1 aromatic rings. The van der Waals surface area contributed by atoms with Gasteiger partial charge >= 0.3 is 5.97 Å². The van der Waals surface area contributed by atoms with Gasteiger partial charge in [-0.05, 0) is 28.4 Å². The van der Waals surface area contributed by atoms with Crippen LogP contribution in [0.4, 0.5) is 0 Å². The lowest BCUT2D eigenvalue weighted by Gasteiger charge is -2.35. The molecule has 0 saturated carbocycles. The van der Waals surface area contributed by atoms with Gasteiger partial charge in [-0.3, -0.25) is 9.59 Å². The molecule has 1 aliphatic heterocycles. The van der Waals surface area contributed by atoms with E-state index in [0.717, 1.165) is 0 Å². The summed E-state index contributed by atoms with van der Waals surface area (Å²) in [6, 6.07) is 1.15. The van der Waals surface area contributed by atoms with Crippen LogP contribution in [0.5, 0.6) is 0 Å². The van der Waals surface area contributed by atoms with Gasteiger partial charge in [0.25, 0.3) is 0 Å². The summed E-state index contributed by atoms with van der Waals surface area (Å²) in [5, 5.41) is 9.21. The Bertz CT molecular complexity index is 456. The molecule has 1 amide bonds. The monoisotopic (exact) mass is 301 g/mol. The Balaban J connectivity index is 2.40. The molecular weight excluding hydrogens is 290 g/mol. The van der Waals surface area contributed by atoms with Gasteiger partial charge in [-0.25, -0.2) is 0 Å². The summed E-state index contributed by atoms with van der Waals surface area (Å²) in [6.45, 7) is 0. The third kappa shape index (κ3) is 2.09. The Morgan fingerprint density at radius 2 is 2.35 bits per heavy atom. The molecule has 92 valence electrons. The number of amides is 1. The topological polar surface area (TPSA) is 70.8 Å². The second kappa shape index (κ2) is 4.52. The summed E-state index contributed by atoms with van der Waals surface area (Å²) < 4.78 is 5.99. The van der Waals surface area contributed by atoms with Crippen molar-refractivity contribution >= 4 is 27.8 Å². The Morgan fingerprint density at radius 3 is 2.88 bits per heavy atom. The van der Waals surface area contributed by atoms with Gasteiger partial charge in [0.2, 0.25) is 5.91 Å². The number of piperidine rings is 1. The van der Waals surface area contributed by atoms with Crippen LogP contribution in [0.2, 0.25) is 0 Å². The first kappa shape index (κ1) is 12.2. The van der Waals surface area contributed by atoms with Crippen LogP contribution >= 0.6 is 15.9 Å². The number of rotatable bonds is 2. The number of hydrogen-bond acceptors (Lipinski definition) is 3. The molecule has 2 unspecified atom stereocenters. The molecule has 6 heteroatoms. The molecule has 1 fully saturated rings. The van der Waals surface area contributed by atoms with Crippen LogP contribution in [0.25, 0.3) is 0 Å². The van der Waals surface area contributed by atoms with Crippen molar-refractivity contribution in [2.75, 3.05) is 7.05 Å². The maximum Gasteiger partial charge on any atom is 0.309 e. The Hall–Kier alpha value is -1.30. The molecule has 0 aromatic carbocycles. The number of likely N-dealkylation sites (tertiary alicyclic amines) is 1. The van der Waals surface area contributed by atoms with E-state index in [4.69, 9.17) is 4.42 Å². The summed E-state index contributed by atoms with van der Waals surface area (Å²) in [5.74, 6) is -1.10. The lowest BCUT2D eigenvalue weighted by molar-refractivity contribution is -0.151. The van der Waals surface area contributed by atoms with Gasteiger partial charge in [-0.15, -0.1) is 0 Å². The van der Waals surface area contributed by atoms with Crippen LogP contribution in [0.15, 0.2) is 21.2 Å². The van der Waals surface area contributed by atoms with Gasteiger partial charge in [0.15, 0.2) is 0 Å². The van der Waals surface area contributed by atoms with Crippen LogP contribution in [0.3, 0.4) is 0 Å². The van der Waals surface area contributed by atoms with Gasteiger partial charge in [0, 0.05) is 13.5 Å². The lowest BCUT2D eigenvalue weighted by Crippen LogP contribution is -2.42. The van der Waals surface area contributed by atoms with Gasteiger partial charge in [-0.1, -0.05) is 0 Å². The van der Waals surface area contributed by atoms with Crippen molar-refractivity contribution in [2.45, 2.75) is 18.9 Å². The van der Waals surface area contributed by atoms with Crippen LogP contribution < -0.4 is 0 Å². The van der Waals surface area contributed by atoms with Gasteiger partial charge in [0.05, 0.1) is 16.7 Å². The van der Waals surface area contributed by atoms with Crippen LogP contribution in [-0.4, -0.2) is 28.9 Å². The summed E-state index contributed by atoms with van der Waals surface area (Å²) in [6.07, 6.45) is 2.09. The van der Waals surface area contributed by atoms with Gasteiger partial charge < -0.3 is 14.4 Å². The third-order valence-corrected chi connectivity index (χ3v) is 3.75. The number of carbonyl (C=O) groups excluding carboxylic acids is 1. The van der Waals surface area contributed by atoms with E-state index >= 15 is 0 Å². The standard InChI is InChI=1S/C11H12BrNO4/c1-13-8(14)3-2-6(11(15)16)9(13)10-7(12)4-5-17-10/h4-6,9H,2-3H2,1H3,(H,15,16). The first-order valence-corrected chi connectivity index (χ1v) is 6.03. The molecule has 1 N–H and O–H groups in total.